The molecular formula is C17H17N5O. The fourth-order valence-corrected chi connectivity index (χ4v) is 3.21. The van der Waals surface area contributed by atoms with E-state index in [-0.39, 0.29) is 11.8 Å². The lowest BCUT2D eigenvalue weighted by Gasteiger charge is -2.32. The molecule has 6 nitrogen and oxygen atoms in total. The van der Waals surface area contributed by atoms with Gasteiger partial charge in [-0.2, -0.15) is 5.10 Å². The van der Waals surface area contributed by atoms with Crippen LogP contribution in [0.4, 0.5) is 0 Å². The van der Waals surface area contributed by atoms with Crippen molar-refractivity contribution in [2.75, 3.05) is 13.1 Å². The van der Waals surface area contributed by atoms with Gasteiger partial charge in [0.05, 0.1) is 5.69 Å². The Kier molecular flexibility index (Phi) is 3.49. The predicted octanol–water partition coefficient (Wildman–Crippen LogP) is 2.37. The van der Waals surface area contributed by atoms with Gasteiger partial charge in [-0.05, 0) is 25.0 Å². The van der Waals surface area contributed by atoms with Crippen LogP contribution in [0.1, 0.15) is 34.8 Å². The summed E-state index contributed by atoms with van der Waals surface area (Å²) in [5, 5.41) is 7.29. The number of carbonyl (C=O) groups excluding carboxylic acids is 1. The highest BCUT2D eigenvalue weighted by Crippen LogP contribution is 2.29. The molecule has 0 spiro atoms. The molecular weight excluding hydrogens is 290 g/mol. The quantitative estimate of drug-likeness (QED) is 0.788. The van der Waals surface area contributed by atoms with Gasteiger partial charge in [-0.15, -0.1) is 0 Å². The molecule has 1 atom stereocenters. The first-order chi connectivity index (χ1) is 11.3. The molecule has 2 aromatic heterocycles. The number of nitrogens with zero attached hydrogens (tertiary/aromatic N) is 4. The molecule has 1 aromatic carbocycles. The number of rotatable bonds is 2. The van der Waals surface area contributed by atoms with Gasteiger partial charge < -0.3 is 4.90 Å². The van der Waals surface area contributed by atoms with Crippen molar-refractivity contribution in [2.45, 2.75) is 18.8 Å². The zero-order valence-electron chi connectivity index (χ0n) is 12.6. The molecule has 116 valence electrons. The van der Waals surface area contributed by atoms with E-state index in [4.69, 9.17) is 0 Å². The Hall–Kier alpha value is -2.76. The Morgan fingerprint density at radius 2 is 2.00 bits per heavy atom. The molecule has 0 bridgehead atoms. The van der Waals surface area contributed by atoms with Crippen LogP contribution < -0.4 is 0 Å². The van der Waals surface area contributed by atoms with E-state index in [0.29, 0.717) is 12.2 Å². The number of hydrogen-bond acceptors (Lipinski definition) is 4. The molecule has 1 fully saturated rings. The number of aromatic amines is 1. The van der Waals surface area contributed by atoms with Crippen LogP contribution in [0.3, 0.4) is 0 Å². The van der Waals surface area contributed by atoms with Gasteiger partial charge in [-0.25, -0.2) is 9.97 Å². The number of amides is 1. The Labute approximate surface area is 133 Å². The molecule has 1 N–H and O–H groups in total. The maximum Gasteiger partial charge on any atom is 0.253 e. The molecule has 0 aliphatic carbocycles. The van der Waals surface area contributed by atoms with Crippen molar-refractivity contribution >= 4 is 17.1 Å². The van der Waals surface area contributed by atoms with Gasteiger partial charge in [0.2, 0.25) is 0 Å². The number of H-pyrrole nitrogens is 1. The smallest absolute Gasteiger partial charge is 0.253 e. The van der Waals surface area contributed by atoms with Gasteiger partial charge in [0.1, 0.15) is 5.52 Å². The molecule has 1 aliphatic heterocycles. The second-order valence-electron chi connectivity index (χ2n) is 5.82. The first kappa shape index (κ1) is 13.9. The Morgan fingerprint density at radius 1 is 1.17 bits per heavy atom. The average Bonchev–Trinajstić information content (AvgIpc) is 3.06. The lowest BCUT2D eigenvalue weighted by atomic mass is 9.94. The Bertz CT molecular complexity index is 829. The van der Waals surface area contributed by atoms with Crippen molar-refractivity contribution in [3.63, 3.8) is 0 Å². The van der Waals surface area contributed by atoms with Crippen molar-refractivity contribution in [1.82, 2.24) is 25.1 Å². The number of carbonyl (C=O) groups is 1. The molecule has 1 aliphatic rings. The number of likely N-dealkylation sites (tertiary alicyclic amines) is 1. The summed E-state index contributed by atoms with van der Waals surface area (Å²) in [5.41, 5.74) is 3.17. The molecule has 0 saturated carbocycles. The van der Waals surface area contributed by atoms with E-state index in [2.05, 4.69) is 20.2 Å². The summed E-state index contributed by atoms with van der Waals surface area (Å²) in [6, 6.07) is 9.44. The number of fused-ring (bicyclic) bond motifs is 1. The highest BCUT2D eigenvalue weighted by Gasteiger charge is 2.28. The largest absolute Gasteiger partial charge is 0.338 e. The van der Waals surface area contributed by atoms with Crippen LogP contribution in [-0.2, 0) is 0 Å². The highest BCUT2D eigenvalue weighted by atomic mass is 16.2. The number of piperidine rings is 1. The van der Waals surface area contributed by atoms with Crippen LogP contribution in [0.2, 0.25) is 0 Å². The standard InChI is InChI=1S/C17H17N5O/c23-17(12-5-2-1-3-6-12)22-10-4-7-13(11-22)14-15-16(21-20-14)19-9-8-18-15/h1-3,5-6,8-9,13H,4,7,10-11H2,(H,19,20,21)/t13-/m0/s1. The van der Waals surface area contributed by atoms with E-state index in [9.17, 15) is 4.79 Å². The van der Waals surface area contributed by atoms with E-state index in [1.165, 1.54) is 0 Å². The van der Waals surface area contributed by atoms with E-state index in [1.807, 2.05) is 35.2 Å². The molecule has 0 unspecified atom stereocenters. The van der Waals surface area contributed by atoms with Crippen LogP contribution in [0, 0.1) is 0 Å². The van der Waals surface area contributed by atoms with Crippen LogP contribution in [0.15, 0.2) is 42.7 Å². The molecule has 1 amide bonds. The third-order valence-corrected chi connectivity index (χ3v) is 4.35. The second-order valence-corrected chi connectivity index (χ2v) is 5.82. The summed E-state index contributed by atoms with van der Waals surface area (Å²) in [4.78, 5) is 23.2. The number of nitrogens with one attached hydrogen (secondary N) is 1. The van der Waals surface area contributed by atoms with E-state index in [0.717, 1.165) is 36.2 Å². The molecule has 23 heavy (non-hydrogen) atoms. The summed E-state index contributed by atoms with van der Waals surface area (Å²) in [6.07, 6.45) is 5.31. The molecule has 6 heteroatoms. The number of hydrogen-bond donors (Lipinski definition) is 1. The van der Waals surface area contributed by atoms with Gasteiger partial charge in [-0.3, -0.25) is 9.89 Å². The maximum absolute atomic E-state index is 12.7. The van der Waals surface area contributed by atoms with E-state index >= 15 is 0 Å². The molecule has 3 heterocycles. The van der Waals surface area contributed by atoms with Crippen molar-refractivity contribution in [3.05, 3.63) is 54.0 Å². The van der Waals surface area contributed by atoms with Crippen LogP contribution in [0.5, 0.6) is 0 Å². The zero-order valence-corrected chi connectivity index (χ0v) is 12.6. The summed E-state index contributed by atoms with van der Waals surface area (Å²) < 4.78 is 0. The SMILES string of the molecule is O=C(c1ccccc1)N1CCC[C@H](c2[nH]nc3nccnc23)C1. The fourth-order valence-electron chi connectivity index (χ4n) is 3.21. The number of aromatic nitrogens is 4. The van der Waals surface area contributed by atoms with Crippen molar-refractivity contribution < 1.29 is 4.79 Å². The van der Waals surface area contributed by atoms with Gasteiger partial charge in [0.15, 0.2) is 5.65 Å². The summed E-state index contributed by atoms with van der Waals surface area (Å²) in [7, 11) is 0. The lowest BCUT2D eigenvalue weighted by Crippen LogP contribution is -2.39. The summed E-state index contributed by atoms with van der Waals surface area (Å²) >= 11 is 0. The van der Waals surface area contributed by atoms with Gasteiger partial charge in [0.25, 0.3) is 5.91 Å². The van der Waals surface area contributed by atoms with Crippen molar-refractivity contribution in [2.24, 2.45) is 0 Å². The second kappa shape index (κ2) is 5.79. The minimum absolute atomic E-state index is 0.0882. The first-order valence-electron chi connectivity index (χ1n) is 7.82. The van der Waals surface area contributed by atoms with Crippen LogP contribution in [0.25, 0.3) is 11.2 Å². The first-order valence-corrected chi connectivity index (χ1v) is 7.82. The normalized spacial score (nSPS) is 18.3. The molecule has 3 aromatic rings. The molecule has 1 saturated heterocycles. The third kappa shape index (κ3) is 2.56. The fraction of sp³-hybridized carbons (Fsp3) is 0.294. The maximum atomic E-state index is 12.7. The predicted molar refractivity (Wildman–Crippen MR) is 86.0 cm³/mol. The van der Waals surface area contributed by atoms with Gasteiger partial charge >= 0.3 is 0 Å². The highest BCUT2D eigenvalue weighted by molar-refractivity contribution is 5.94. The van der Waals surface area contributed by atoms with Crippen molar-refractivity contribution in [3.8, 4) is 0 Å². The minimum Gasteiger partial charge on any atom is -0.338 e. The third-order valence-electron chi connectivity index (χ3n) is 4.35. The molecule has 0 radical (unpaired) electrons. The monoisotopic (exact) mass is 307 g/mol. The van der Waals surface area contributed by atoms with Crippen LogP contribution in [-0.4, -0.2) is 44.1 Å². The Balaban J connectivity index is 1.59. The van der Waals surface area contributed by atoms with Crippen molar-refractivity contribution in [1.29, 1.82) is 0 Å². The number of benzene rings is 1. The van der Waals surface area contributed by atoms with Gasteiger partial charge in [0, 0.05) is 37.0 Å². The van der Waals surface area contributed by atoms with Crippen LogP contribution >= 0.6 is 0 Å². The van der Waals surface area contributed by atoms with Gasteiger partial charge in [-0.1, -0.05) is 18.2 Å². The van der Waals surface area contributed by atoms with E-state index in [1.54, 1.807) is 12.4 Å². The summed E-state index contributed by atoms with van der Waals surface area (Å²) in [6.45, 7) is 1.48. The average molecular weight is 307 g/mol. The van der Waals surface area contributed by atoms with E-state index < -0.39 is 0 Å². The lowest BCUT2D eigenvalue weighted by molar-refractivity contribution is 0.0706. The minimum atomic E-state index is 0.0882. The topological polar surface area (TPSA) is 74.8 Å². The molecule has 4 rings (SSSR count). The Morgan fingerprint density at radius 3 is 2.87 bits per heavy atom. The summed E-state index contributed by atoms with van der Waals surface area (Å²) in [5.74, 6) is 0.309. The zero-order chi connectivity index (χ0) is 15.6.